The maximum atomic E-state index is 12.0. The Morgan fingerprint density at radius 3 is 2.53 bits per heavy atom. The smallest absolute Gasteiger partial charge is 0.264 e. The highest BCUT2D eigenvalue weighted by molar-refractivity contribution is 7.89. The molecule has 106 valence electrons. The van der Waals surface area contributed by atoms with Gasteiger partial charge in [0.1, 0.15) is 11.5 Å². The topological polar surface area (TPSA) is 98.5 Å². The Hall–Kier alpha value is -0.860. The van der Waals surface area contributed by atoms with E-state index in [1.54, 1.807) is 17.9 Å². The standard InChI is InChI=1S/C10H12Cl2N2O4S/c1-5-3-7(11)6(2)10(9(5)12)19(16,17)14-18-4-8(13)15/h3,14H,4H2,1-2H3,(H2,13,15). The second kappa shape index (κ2) is 6.06. The Bertz CT molecular complexity index is 590. The largest absolute Gasteiger partial charge is 0.368 e. The van der Waals surface area contributed by atoms with Gasteiger partial charge in [-0.2, -0.15) is 0 Å². The molecule has 9 heteroatoms. The van der Waals surface area contributed by atoms with Gasteiger partial charge < -0.3 is 5.73 Å². The molecule has 1 aromatic carbocycles. The van der Waals surface area contributed by atoms with Crippen molar-refractivity contribution in [3.8, 4) is 0 Å². The molecule has 0 atom stereocenters. The van der Waals surface area contributed by atoms with Crippen molar-refractivity contribution in [2.45, 2.75) is 18.7 Å². The van der Waals surface area contributed by atoms with Gasteiger partial charge in [-0.15, -0.1) is 0 Å². The average Bonchev–Trinajstić information content (AvgIpc) is 2.25. The summed E-state index contributed by atoms with van der Waals surface area (Å²) in [7, 11) is -4.06. The maximum absolute atomic E-state index is 12.0. The minimum atomic E-state index is -4.06. The molecule has 0 heterocycles. The zero-order valence-electron chi connectivity index (χ0n) is 10.2. The van der Waals surface area contributed by atoms with Crippen LogP contribution in [0.3, 0.4) is 0 Å². The van der Waals surface area contributed by atoms with E-state index in [9.17, 15) is 13.2 Å². The lowest BCUT2D eigenvalue weighted by molar-refractivity contribution is -0.123. The van der Waals surface area contributed by atoms with E-state index >= 15 is 0 Å². The fraction of sp³-hybridized carbons (Fsp3) is 0.300. The van der Waals surface area contributed by atoms with Gasteiger partial charge in [-0.05, 0) is 31.0 Å². The van der Waals surface area contributed by atoms with Crippen molar-refractivity contribution in [1.29, 1.82) is 0 Å². The summed E-state index contributed by atoms with van der Waals surface area (Å²) >= 11 is 11.9. The summed E-state index contributed by atoms with van der Waals surface area (Å²) < 4.78 is 24.1. The lowest BCUT2D eigenvalue weighted by Gasteiger charge is -2.13. The molecular weight excluding hydrogens is 315 g/mol. The van der Waals surface area contributed by atoms with Gasteiger partial charge >= 0.3 is 0 Å². The molecule has 0 aliphatic rings. The summed E-state index contributed by atoms with van der Waals surface area (Å²) in [4.78, 5) is 16.5. The molecule has 1 amide bonds. The highest BCUT2D eigenvalue weighted by atomic mass is 35.5. The normalized spacial score (nSPS) is 11.6. The van der Waals surface area contributed by atoms with E-state index in [0.717, 1.165) is 0 Å². The van der Waals surface area contributed by atoms with Crippen LogP contribution in [0.2, 0.25) is 10.0 Å². The number of benzene rings is 1. The third-order valence-corrected chi connectivity index (χ3v) is 4.62. The molecule has 6 nitrogen and oxygen atoms in total. The van der Waals surface area contributed by atoms with Gasteiger partial charge in [0.05, 0.1) is 5.02 Å². The number of sulfonamides is 1. The monoisotopic (exact) mass is 326 g/mol. The first-order valence-electron chi connectivity index (χ1n) is 5.04. The van der Waals surface area contributed by atoms with Crippen LogP contribution in [0.25, 0.3) is 0 Å². The van der Waals surface area contributed by atoms with Crippen LogP contribution in [0.4, 0.5) is 0 Å². The van der Waals surface area contributed by atoms with Crippen LogP contribution in [-0.4, -0.2) is 20.9 Å². The zero-order chi connectivity index (χ0) is 14.8. The van der Waals surface area contributed by atoms with Crippen LogP contribution < -0.4 is 10.6 Å². The molecule has 0 saturated heterocycles. The summed E-state index contributed by atoms with van der Waals surface area (Å²) in [5.41, 5.74) is 5.61. The maximum Gasteiger partial charge on any atom is 0.264 e. The molecule has 3 N–H and O–H groups in total. The molecule has 0 aromatic heterocycles. The molecule has 0 aliphatic carbocycles. The Morgan fingerprint density at radius 1 is 1.42 bits per heavy atom. The van der Waals surface area contributed by atoms with E-state index in [0.29, 0.717) is 5.56 Å². The summed E-state index contributed by atoms with van der Waals surface area (Å²) in [5.74, 6) is -0.812. The number of primary amides is 1. The van der Waals surface area contributed by atoms with Gasteiger partial charge in [-0.1, -0.05) is 28.1 Å². The second-order valence-electron chi connectivity index (χ2n) is 3.79. The minimum absolute atomic E-state index is 0.0390. The van der Waals surface area contributed by atoms with E-state index in [-0.39, 0.29) is 20.5 Å². The molecule has 0 radical (unpaired) electrons. The second-order valence-corrected chi connectivity index (χ2v) is 6.15. The van der Waals surface area contributed by atoms with Gasteiger partial charge in [0.2, 0.25) is 5.91 Å². The first kappa shape index (κ1) is 16.2. The van der Waals surface area contributed by atoms with Crippen LogP contribution in [0, 0.1) is 13.8 Å². The summed E-state index contributed by atoms with van der Waals surface area (Å²) in [6.45, 7) is 2.54. The lowest BCUT2D eigenvalue weighted by atomic mass is 10.2. The highest BCUT2D eigenvalue weighted by Crippen LogP contribution is 2.33. The van der Waals surface area contributed by atoms with Crippen LogP contribution >= 0.6 is 23.2 Å². The third-order valence-electron chi connectivity index (χ3n) is 2.24. The Morgan fingerprint density at radius 2 is 2.00 bits per heavy atom. The van der Waals surface area contributed by atoms with Gasteiger partial charge in [0.25, 0.3) is 10.0 Å². The van der Waals surface area contributed by atoms with Gasteiger partial charge in [0.15, 0.2) is 0 Å². The summed E-state index contributed by atoms with van der Waals surface area (Å²) in [6.07, 6.45) is 0. The highest BCUT2D eigenvalue weighted by Gasteiger charge is 2.24. The van der Waals surface area contributed by atoms with Crippen molar-refractivity contribution in [3.63, 3.8) is 0 Å². The van der Waals surface area contributed by atoms with Crippen molar-refractivity contribution < 1.29 is 18.0 Å². The predicted octanol–water partition coefficient (Wildman–Crippen LogP) is 1.31. The average molecular weight is 327 g/mol. The summed E-state index contributed by atoms with van der Waals surface area (Å²) in [6, 6.07) is 1.56. The molecule has 0 bridgehead atoms. The SMILES string of the molecule is Cc1cc(Cl)c(C)c(S(=O)(=O)NOCC(N)=O)c1Cl. The summed E-state index contributed by atoms with van der Waals surface area (Å²) in [5, 5.41) is 0.300. The van der Waals surface area contributed by atoms with Gasteiger partial charge in [-0.25, -0.2) is 8.42 Å². The first-order valence-corrected chi connectivity index (χ1v) is 7.28. The third kappa shape index (κ3) is 3.80. The van der Waals surface area contributed by atoms with Crippen LogP contribution in [0.15, 0.2) is 11.0 Å². The fourth-order valence-electron chi connectivity index (χ4n) is 1.35. The molecule has 0 spiro atoms. The first-order chi connectivity index (χ1) is 8.66. The minimum Gasteiger partial charge on any atom is -0.368 e. The molecule has 0 fully saturated rings. The van der Waals surface area contributed by atoms with Crippen LogP contribution in [-0.2, 0) is 19.7 Å². The number of hydrogen-bond donors (Lipinski definition) is 2. The van der Waals surface area contributed by atoms with E-state index in [4.69, 9.17) is 28.9 Å². The number of carbonyl (C=O) groups is 1. The number of hydrogen-bond acceptors (Lipinski definition) is 4. The molecule has 0 saturated carbocycles. The number of carbonyl (C=O) groups excluding carboxylic acids is 1. The Balaban J connectivity index is 3.18. The number of aryl methyl sites for hydroxylation is 1. The number of amides is 1. The predicted molar refractivity (Wildman–Crippen MR) is 71.4 cm³/mol. The van der Waals surface area contributed by atoms with Crippen LogP contribution in [0.1, 0.15) is 11.1 Å². The van der Waals surface area contributed by atoms with E-state index in [1.165, 1.54) is 6.92 Å². The Labute approximate surface area is 120 Å². The number of halogens is 2. The van der Waals surface area contributed by atoms with Crippen molar-refractivity contribution >= 4 is 39.1 Å². The molecular formula is C10H12Cl2N2O4S. The molecule has 0 unspecified atom stereocenters. The van der Waals surface area contributed by atoms with Gasteiger partial charge in [-0.3, -0.25) is 9.63 Å². The Kier molecular flexibility index (Phi) is 5.17. The number of nitrogens with two attached hydrogens (primary N) is 1. The number of rotatable bonds is 5. The van der Waals surface area contributed by atoms with Crippen molar-refractivity contribution in [1.82, 2.24) is 4.89 Å². The van der Waals surface area contributed by atoms with E-state index in [2.05, 4.69) is 4.84 Å². The lowest BCUT2D eigenvalue weighted by Crippen LogP contribution is -2.30. The molecule has 19 heavy (non-hydrogen) atoms. The molecule has 1 rings (SSSR count). The fourth-order valence-corrected chi connectivity index (χ4v) is 3.38. The van der Waals surface area contributed by atoms with E-state index < -0.39 is 22.5 Å². The van der Waals surface area contributed by atoms with E-state index in [1.807, 2.05) is 0 Å². The molecule has 1 aromatic rings. The molecule has 0 aliphatic heterocycles. The quantitative estimate of drug-likeness (QED) is 0.797. The zero-order valence-corrected chi connectivity index (χ0v) is 12.5. The van der Waals surface area contributed by atoms with Crippen molar-refractivity contribution in [2.24, 2.45) is 5.73 Å². The van der Waals surface area contributed by atoms with Gasteiger partial charge in [0, 0.05) is 5.02 Å². The van der Waals surface area contributed by atoms with Crippen molar-refractivity contribution in [2.75, 3.05) is 6.61 Å². The van der Waals surface area contributed by atoms with Crippen molar-refractivity contribution in [3.05, 3.63) is 27.2 Å². The van der Waals surface area contributed by atoms with Crippen LogP contribution in [0.5, 0.6) is 0 Å². The number of nitrogens with one attached hydrogen (secondary N) is 1.